The summed E-state index contributed by atoms with van der Waals surface area (Å²) in [6, 6.07) is 55.3. The number of imidazole rings is 1. The van der Waals surface area contributed by atoms with E-state index in [4.69, 9.17) is 13.8 Å². The Labute approximate surface area is 393 Å². The fourth-order valence-corrected chi connectivity index (χ4v) is 9.76. The van der Waals surface area contributed by atoms with Crippen LogP contribution in [0.5, 0.6) is 0 Å². The summed E-state index contributed by atoms with van der Waals surface area (Å²) in [6.45, 7) is 16.0. The van der Waals surface area contributed by atoms with Crippen LogP contribution in [0.3, 0.4) is 0 Å². The molecule has 0 unspecified atom stereocenters. The van der Waals surface area contributed by atoms with E-state index in [0.717, 1.165) is 77.6 Å². The second-order valence-electron chi connectivity index (χ2n) is 18.2. The van der Waals surface area contributed by atoms with Crippen LogP contribution in [0.1, 0.15) is 50.7 Å². The van der Waals surface area contributed by atoms with Crippen LogP contribution in [0.25, 0.3) is 94.4 Å². The van der Waals surface area contributed by atoms with Gasteiger partial charge in [-0.2, -0.15) is 0 Å². The van der Waals surface area contributed by atoms with Crippen LogP contribution in [-0.4, -0.2) is 22.6 Å². The minimum absolute atomic E-state index is 0. The molecule has 0 saturated carbocycles. The zero-order valence-corrected chi connectivity index (χ0v) is 40.9. The first-order valence-electron chi connectivity index (χ1n) is 22.0. The van der Waals surface area contributed by atoms with Gasteiger partial charge in [0.15, 0.2) is 0 Å². The van der Waals surface area contributed by atoms with Gasteiger partial charge in [-0.3, -0.25) is 9.37 Å². The van der Waals surface area contributed by atoms with E-state index in [2.05, 4.69) is 166 Å². The standard InChI is InChI=1S/C43H33N2O2.C14H15FNSi.Ir/c1-25(2)32-21-28(27-13-6-5-7-14-27)22-33(26(3)4)41(32)45-37-19-10-9-18-36(37)44-43(45)31-17-12-16-30-35-24-39-34(23-40(35)47-42(30)31)29-15-8-11-20-38(29)46-39;1-17(2,3)13-8-9-14(16-10-13)11-4-6-12(15)7-5-11;/h5-16,18-26H,1-4H3;4,6-10H,1-3H3;/q2*-1;. The monoisotopic (exact) mass is 1050 g/mol. The molecule has 325 valence electrons. The van der Waals surface area contributed by atoms with Gasteiger partial charge in [0.2, 0.25) is 0 Å². The van der Waals surface area contributed by atoms with Gasteiger partial charge in [-0.25, -0.2) is 0 Å². The molecule has 0 fully saturated rings. The summed E-state index contributed by atoms with van der Waals surface area (Å²) >= 11 is 0. The molecule has 0 bridgehead atoms. The summed E-state index contributed by atoms with van der Waals surface area (Å²) in [5, 5.41) is 5.49. The summed E-state index contributed by atoms with van der Waals surface area (Å²) in [7, 11) is -1.30. The van der Waals surface area contributed by atoms with Crippen LogP contribution >= 0.6 is 0 Å². The molecule has 0 N–H and O–H groups in total. The van der Waals surface area contributed by atoms with Gasteiger partial charge in [0.05, 0.1) is 30.5 Å². The second-order valence-corrected chi connectivity index (χ2v) is 23.3. The number of furan rings is 2. The zero-order chi connectivity index (χ0) is 44.3. The Morgan fingerprint density at radius 1 is 0.631 bits per heavy atom. The molecule has 0 atom stereocenters. The number of para-hydroxylation sites is 3. The number of benzene rings is 7. The van der Waals surface area contributed by atoms with Crippen molar-refractivity contribution in [1.82, 2.24) is 14.5 Å². The van der Waals surface area contributed by atoms with E-state index in [1.165, 1.54) is 45.3 Å². The van der Waals surface area contributed by atoms with Crippen molar-refractivity contribution in [3.63, 3.8) is 0 Å². The first-order valence-corrected chi connectivity index (χ1v) is 25.5. The van der Waals surface area contributed by atoms with Crippen LogP contribution in [0.2, 0.25) is 19.6 Å². The molecule has 5 nitrogen and oxygen atoms in total. The van der Waals surface area contributed by atoms with Gasteiger partial charge in [-0.1, -0.05) is 131 Å². The molecule has 0 aliphatic carbocycles. The number of halogens is 1. The number of hydrogen-bond donors (Lipinski definition) is 0. The topological polar surface area (TPSA) is 57.0 Å². The summed E-state index contributed by atoms with van der Waals surface area (Å²) in [6.07, 6.45) is 1.93. The third kappa shape index (κ3) is 8.16. The van der Waals surface area contributed by atoms with Gasteiger partial charge < -0.3 is 18.4 Å². The maximum Gasteiger partial charge on any atom is 0.136 e. The maximum absolute atomic E-state index is 12.8. The van der Waals surface area contributed by atoms with Crippen LogP contribution < -0.4 is 5.19 Å². The number of rotatable bonds is 7. The molecule has 8 heteroatoms. The molecule has 11 rings (SSSR count). The van der Waals surface area contributed by atoms with Crippen molar-refractivity contribution >= 4 is 68.2 Å². The zero-order valence-electron chi connectivity index (χ0n) is 37.5. The van der Waals surface area contributed by atoms with E-state index in [1.807, 2.05) is 36.5 Å². The molecule has 7 aromatic carbocycles. The van der Waals surface area contributed by atoms with E-state index < -0.39 is 8.07 Å². The first-order chi connectivity index (χ1) is 30.9. The van der Waals surface area contributed by atoms with Gasteiger partial charge >= 0.3 is 0 Å². The van der Waals surface area contributed by atoms with E-state index in [-0.39, 0.29) is 37.8 Å². The number of aromatic nitrogens is 3. The van der Waals surface area contributed by atoms with Crippen molar-refractivity contribution in [2.45, 2.75) is 59.2 Å². The molecule has 1 radical (unpaired) electrons. The molecule has 0 aliphatic heterocycles. The molecule has 0 saturated heterocycles. The van der Waals surface area contributed by atoms with Crippen LogP contribution in [0.4, 0.5) is 4.39 Å². The Hall–Kier alpha value is -6.44. The van der Waals surface area contributed by atoms with E-state index in [9.17, 15) is 4.39 Å². The predicted octanol–water partition coefficient (Wildman–Crippen LogP) is 15.4. The van der Waals surface area contributed by atoms with Gasteiger partial charge in [-0.05, 0) is 87.4 Å². The van der Waals surface area contributed by atoms with Crippen LogP contribution in [-0.2, 0) is 20.1 Å². The normalized spacial score (nSPS) is 11.8. The summed E-state index contributed by atoms with van der Waals surface area (Å²) in [5.41, 5.74) is 14.0. The van der Waals surface area contributed by atoms with Gasteiger partial charge in [-0.15, -0.1) is 48.0 Å². The summed E-state index contributed by atoms with van der Waals surface area (Å²) < 4.78 is 28.1. The minimum atomic E-state index is -1.30. The average Bonchev–Trinajstić information content (AvgIpc) is 3.99. The quantitative estimate of drug-likeness (QED) is 0.118. The molecule has 0 aliphatic rings. The Bertz CT molecular complexity index is 3460. The van der Waals surface area contributed by atoms with E-state index in [0.29, 0.717) is 0 Å². The number of pyridine rings is 1. The molecule has 11 aromatic rings. The third-order valence-corrected chi connectivity index (χ3v) is 14.2. The largest absolute Gasteiger partial charge is 0.501 e. The van der Waals surface area contributed by atoms with Crippen LogP contribution in [0.15, 0.2) is 161 Å². The van der Waals surface area contributed by atoms with E-state index >= 15 is 0 Å². The molecular formula is C57H48FIrN3O2Si-2. The molecule has 4 heterocycles. The van der Waals surface area contributed by atoms with E-state index in [1.54, 1.807) is 6.07 Å². The van der Waals surface area contributed by atoms with Gasteiger partial charge in [0, 0.05) is 54.0 Å². The van der Waals surface area contributed by atoms with Crippen molar-refractivity contribution < 1.29 is 33.3 Å². The summed E-state index contributed by atoms with van der Waals surface area (Å²) in [4.78, 5) is 9.73. The van der Waals surface area contributed by atoms with Crippen molar-refractivity contribution in [3.8, 4) is 39.5 Å². The van der Waals surface area contributed by atoms with Gasteiger partial charge in [0.25, 0.3) is 0 Å². The summed E-state index contributed by atoms with van der Waals surface area (Å²) in [5.74, 6) is 1.10. The number of fused-ring (bicyclic) bond motifs is 7. The fraction of sp³-hybridized carbons (Fsp3) is 0.158. The number of hydrogen-bond acceptors (Lipinski definition) is 4. The predicted molar refractivity (Wildman–Crippen MR) is 265 cm³/mol. The SMILES string of the molecule is CC(C)c1cc(-c2ccccc2)cc(C(C)C)c1-n1c(-c2[c-]ccc3c2oc2cc4c(cc23)oc2ccccc24)nc2ccccc21.C[Si](C)(C)c1ccc(-c2[c-]cc(F)cc2)nc1.[Ir]. The maximum atomic E-state index is 12.8. The second kappa shape index (κ2) is 17.5. The Balaban J connectivity index is 0.000000250. The van der Waals surface area contributed by atoms with Crippen molar-refractivity contribution in [1.29, 1.82) is 0 Å². The van der Waals surface area contributed by atoms with Crippen LogP contribution in [0, 0.1) is 17.9 Å². The fourth-order valence-electron chi connectivity index (χ4n) is 8.72. The Kier molecular flexibility index (Phi) is 11.8. The average molecular weight is 1050 g/mol. The van der Waals surface area contributed by atoms with Crippen molar-refractivity contribution in [2.75, 3.05) is 0 Å². The molecule has 0 amide bonds. The molecule has 4 aromatic heterocycles. The van der Waals surface area contributed by atoms with Crippen molar-refractivity contribution in [3.05, 3.63) is 181 Å². The first kappa shape index (κ1) is 43.8. The van der Waals surface area contributed by atoms with Crippen molar-refractivity contribution in [2.24, 2.45) is 0 Å². The number of nitrogens with zero attached hydrogens (tertiary/aromatic N) is 3. The molecule has 65 heavy (non-hydrogen) atoms. The molecular weight excluding hydrogens is 998 g/mol. The third-order valence-electron chi connectivity index (χ3n) is 12.1. The van der Waals surface area contributed by atoms with Gasteiger partial charge in [0.1, 0.15) is 16.7 Å². The minimum Gasteiger partial charge on any atom is -0.501 e. The molecule has 0 spiro atoms. The Morgan fingerprint density at radius 3 is 1.98 bits per heavy atom. The smallest absolute Gasteiger partial charge is 0.136 e. The Morgan fingerprint density at radius 2 is 1.31 bits per heavy atom.